The number of ether oxygens (including phenoxy) is 1. The van der Waals surface area contributed by atoms with Gasteiger partial charge in [0.25, 0.3) is 0 Å². The van der Waals surface area contributed by atoms with Crippen molar-refractivity contribution in [1.29, 1.82) is 0 Å². The first-order chi connectivity index (χ1) is 9.10. The summed E-state index contributed by atoms with van der Waals surface area (Å²) in [6, 6.07) is 5.93. The Morgan fingerprint density at radius 1 is 1.47 bits per heavy atom. The Hall–Kier alpha value is -2.15. The molecule has 0 amide bonds. The van der Waals surface area contributed by atoms with Crippen LogP contribution in [0.5, 0.6) is 5.75 Å². The molecule has 0 saturated heterocycles. The average Bonchev–Trinajstić information content (AvgIpc) is 2.87. The lowest BCUT2D eigenvalue weighted by Gasteiger charge is -2.07. The molecule has 0 radical (unpaired) electrons. The third-order valence-electron chi connectivity index (χ3n) is 2.47. The van der Waals surface area contributed by atoms with Crippen LogP contribution in [0.15, 0.2) is 29.6 Å². The number of nitrogens with one attached hydrogen (secondary N) is 1. The smallest absolute Gasteiger partial charge is 0.324 e. The molecule has 100 valence electrons. The van der Waals surface area contributed by atoms with Gasteiger partial charge >= 0.3 is 5.00 Å². The molecule has 19 heavy (non-hydrogen) atoms. The molecule has 5 nitrogen and oxygen atoms in total. The standard InChI is InChI=1S/C12H11FN2O3S/c1-18-11-5-9(2-3-10(11)13)14-6-8-4-12(15(16)17)19-7-8/h2-5,7,14H,6H2,1H3. The Labute approximate surface area is 112 Å². The Bertz CT molecular complexity index is 600. The van der Waals surface area contributed by atoms with Crippen LogP contribution < -0.4 is 10.1 Å². The second-order valence-corrected chi connectivity index (χ2v) is 4.64. The van der Waals surface area contributed by atoms with E-state index in [0.717, 1.165) is 16.9 Å². The largest absolute Gasteiger partial charge is 0.494 e. The van der Waals surface area contributed by atoms with Gasteiger partial charge in [-0.2, -0.15) is 0 Å². The van der Waals surface area contributed by atoms with Crippen molar-refractivity contribution in [2.24, 2.45) is 0 Å². The van der Waals surface area contributed by atoms with E-state index < -0.39 is 10.7 Å². The van der Waals surface area contributed by atoms with E-state index in [9.17, 15) is 14.5 Å². The van der Waals surface area contributed by atoms with Gasteiger partial charge in [-0.05, 0) is 17.7 Å². The number of thiophene rings is 1. The highest BCUT2D eigenvalue weighted by Gasteiger charge is 2.09. The van der Waals surface area contributed by atoms with E-state index in [0.29, 0.717) is 12.2 Å². The first kappa shape index (κ1) is 13.3. The summed E-state index contributed by atoms with van der Waals surface area (Å²) in [6.07, 6.45) is 0. The maximum absolute atomic E-state index is 13.2. The van der Waals surface area contributed by atoms with Crippen molar-refractivity contribution in [2.75, 3.05) is 12.4 Å². The first-order valence-corrected chi connectivity index (χ1v) is 6.27. The number of hydrogen-bond donors (Lipinski definition) is 1. The van der Waals surface area contributed by atoms with Gasteiger partial charge in [0, 0.05) is 29.7 Å². The maximum Gasteiger partial charge on any atom is 0.324 e. The Morgan fingerprint density at radius 2 is 2.26 bits per heavy atom. The van der Waals surface area contributed by atoms with Crippen LogP contribution in [-0.4, -0.2) is 12.0 Å². The number of benzene rings is 1. The molecule has 1 heterocycles. The summed E-state index contributed by atoms with van der Waals surface area (Å²) in [7, 11) is 1.39. The van der Waals surface area contributed by atoms with Crippen molar-refractivity contribution in [1.82, 2.24) is 0 Å². The van der Waals surface area contributed by atoms with E-state index in [1.54, 1.807) is 11.4 Å². The SMILES string of the molecule is COc1cc(NCc2csc([N+](=O)[O-])c2)ccc1F. The predicted molar refractivity (Wildman–Crippen MR) is 71.3 cm³/mol. The molecule has 2 rings (SSSR count). The molecule has 0 bridgehead atoms. The number of nitro groups is 1. The summed E-state index contributed by atoms with van der Waals surface area (Å²) in [5, 5.41) is 15.4. The van der Waals surface area contributed by atoms with Gasteiger partial charge in [-0.1, -0.05) is 11.3 Å². The van der Waals surface area contributed by atoms with Crippen molar-refractivity contribution in [3.05, 3.63) is 51.1 Å². The molecule has 0 atom stereocenters. The number of halogens is 1. The first-order valence-electron chi connectivity index (χ1n) is 5.39. The van der Waals surface area contributed by atoms with Gasteiger partial charge in [0.1, 0.15) is 0 Å². The zero-order chi connectivity index (χ0) is 13.8. The lowest BCUT2D eigenvalue weighted by Crippen LogP contribution is -1.99. The highest BCUT2D eigenvalue weighted by atomic mass is 32.1. The fraction of sp³-hybridized carbons (Fsp3) is 0.167. The molecule has 0 spiro atoms. The van der Waals surface area contributed by atoms with Crippen molar-refractivity contribution in [2.45, 2.75) is 6.54 Å². The van der Waals surface area contributed by atoms with E-state index >= 15 is 0 Å². The predicted octanol–water partition coefficient (Wildman–Crippen LogP) is 3.42. The maximum atomic E-state index is 13.2. The molecule has 0 aliphatic heterocycles. The molecule has 1 N–H and O–H groups in total. The normalized spacial score (nSPS) is 10.2. The zero-order valence-electron chi connectivity index (χ0n) is 10.1. The van der Waals surface area contributed by atoms with Gasteiger partial charge in [0.2, 0.25) is 0 Å². The molecule has 0 aliphatic rings. The molecule has 1 aromatic carbocycles. The average molecular weight is 282 g/mol. The lowest BCUT2D eigenvalue weighted by molar-refractivity contribution is -0.380. The quantitative estimate of drug-likeness (QED) is 0.674. The monoisotopic (exact) mass is 282 g/mol. The van der Waals surface area contributed by atoms with E-state index in [4.69, 9.17) is 4.74 Å². The topological polar surface area (TPSA) is 64.4 Å². The second kappa shape index (κ2) is 5.66. The molecule has 0 saturated carbocycles. The van der Waals surface area contributed by atoms with Crippen LogP contribution in [0.25, 0.3) is 0 Å². The Balaban J connectivity index is 2.03. The minimum Gasteiger partial charge on any atom is -0.494 e. The highest BCUT2D eigenvalue weighted by molar-refractivity contribution is 7.13. The minimum absolute atomic E-state index is 0.105. The van der Waals surface area contributed by atoms with Gasteiger partial charge in [0.15, 0.2) is 11.6 Å². The van der Waals surface area contributed by atoms with Gasteiger partial charge in [-0.25, -0.2) is 4.39 Å². The molecule has 7 heteroatoms. The van der Waals surface area contributed by atoms with Crippen LogP contribution in [0.4, 0.5) is 15.1 Å². The minimum atomic E-state index is -0.431. The Kier molecular flexibility index (Phi) is 3.96. The van der Waals surface area contributed by atoms with E-state index in [2.05, 4.69) is 5.32 Å². The summed E-state index contributed by atoms with van der Waals surface area (Å²) in [4.78, 5) is 10.1. The molecule has 0 unspecified atom stereocenters. The summed E-state index contributed by atoms with van der Waals surface area (Å²) in [6.45, 7) is 0.430. The number of anilines is 1. The van der Waals surface area contributed by atoms with Crippen LogP contribution >= 0.6 is 11.3 Å². The summed E-state index contributed by atoms with van der Waals surface area (Å²) >= 11 is 1.08. The van der Waals surface area contributed by atoms with E-state index in [-0.39, 0.29) is 10.8 Å². The number of methoxy groups -OCH3 is 1. The third-order valence-corrected chi connectivity index (χ3v) is 3.40. The fourth-order valence-corrected chi connectivity index (χ4v) is 2.25. The Morgan fingerprint density at radius 3 is 2.89 bits per heavy atom. The van der Waals surface area contributed by atoms with E-state index in [1.807, 2.05) is 0 Å². The van der Waals surface area contributed by atoms with Crippen LogP contribution in [-0.2, 0) is 6.54 Å². The number of hydrogen-bond acceptors (Lipinski definition) is 5. The number of rotatable bonds is 5. The molecule has 0 aliphatic carbocycles. The molecule has 1 aromatic heterocycles. The third kappa shape index (κ3) is 3.19. The van der Waals surface area contributed by atoms with Gasteiger partial charge in [0.05, 0.1) is 12.0 Å². The summed E-state index contributed by atoms with van der Waals surface area (Å²) in [5.74, 6) is -0.277. The molecular weight excluding hydrogens is 271 g/mol. The van der Waals surface area contributed by atoms with Gasteiger partial charge in [-0.15, -0.1) is 0 Å². The van der Waals surface area contributed by atoms with Gasteiger partial charge in [-0.3, -0.25) is 10.1 Å². The lowest BCUT2D eigenvalue weighted by atomic mass is 10.2. The highest BCUT2D eigenvalue weighted by Crippen LogP contribution is 2.25. The fourth-order valence-electron chi connectivity index (χ4n) is 1.53. The second-order valence-electron chi connectivity index (χ2n) is 3.75. The van der Waals surface area contributed by atoms with E-state index in [1.165, 1.54) is 25.3 Å². The van der Waals surface area contributed by atoms with Crippen LogP contribution in [0, 0.1) is 15.9 Å². The molecule has 0 fully saturated rings. The summed E-state index contributed by atoms with van der Waals surface area (Å²) in [5.41, 5.74) is 1.49. The van der Waals surface area contributed by atoms with Gasteiger partial charge < -0.3 is 10.1 Å². The van der Waals surface area contributed by atoms with Crippen LogP contribution in [0.1, 0.15) is 5.56 Å². The number of nitrogens with zero attached hydrogens (tertiary/aromatic N) is 1. The van der Waals surface area contributed by atoms with Crippen molar-refractivity contribution < 1.29 is 14.1 Å². The van der Waals surface area contributed by atoms with Crippen LogP contribution in [0.3, 0.4) is 0 Å². The van der Waals surface area contributed by atoms with Crippen molar-refractivity contribution >= 4 is 22.0 Å². The molecule has 2 aromatic rings. The van der Waals surface area contributed by atoms with Crippen LogP contribution in [0.2, 0.25) is 0 Å². The zero-order valence-corrected chi connectivity index (χ0v) is 10.9. The summed E-state index contributed by atoms with van der Waals surface area (Å²) < 4.78 is 18.1. The van der Waals surface area contributed by atoms with Crippen molar-refractivity contribution in [3.63, 3.8) is 0 Å². The van der Waals surface area contributed by atoms with Crippen molar-refractivity contribution in [3.8, 4) is 5.75 Å². The molecular formula is C12H11FN2O3S.